The highest BCUT2D eigenvalue weighted by molar-refractivity contribution is 5.45. The fraction of sp³-hybridized carbons (Fsp3) is 0.500. The molecule has 1 aromatic rings. The minimum absolute atomic E-state index is 0.618. The van der Waals surface area contributed by atoms with Gasteiger partial charge in [0.05, 0.1) is 12.7 Å². The third kappa shape index (κ3) is 2.59. The summed E-state index contributed by atoms with van der Waals surface area (Å²) >= 11 is 0. The van der Waals surface area contributed by atoms with Gasteiger partial charge < -0.3 is 4.74 Å². The van der Waals surface area contributed by atoms with E-state index >= 15 is 0 Å². The van der Waals surface area contributed by atoms with E-state index in [4.69, 9.17) is 10.00 Å². The molecule has 1 saturated carbocycles. The van der Waals surface area contributed by atoms with E-state index in [9.17, 15) is 0 Å². The molecule has 0 bridgehead atoms. The molecule has 0 saturated heterocycles. The van der Waals surface area contributed by atoms with Crippen LogP contribution in [0.25, 0.3) is 0 Å². The summed E-state index contributed by atoms with van der Waals surface area (Å²) in [6, 6.07) is 8.74. The number of methoxy groups -OCH3 is 1. The summed E-state index contributed by atoms with van der Waals surface area (Å²) in [6.07, 6.45) is 3.95. The Morgan fingerprint density at radius 2 is 2.24 bits per heavy atom. The van der Waals surface area contributed by atoms with Crippen molar-refractivity contribution in [2.24, 2.45) is 0 Å². The SMILES string of the molecule is COc1ccc(CN(C)C2CCC2)cc1C#N. The second kappa shape index (κ2) is 5.20. The predicted molar refractivity (Wildman–Crippen MR) is 66.8 cm³/mol. The highest BCUT2D eigenvalue weighted by atomic mass is 16.5. The Kier molecular flexibility index (Phi) is 3.65. The molecule has 90 valence electrons. The van der Waals surface area contributed by atoms with Crippen LogP contribution < -0.4 is 4.74 Å². The van der Waals surface area contributed by atoms with Crippen molar-refractivity contribution in [1.82, 2.24) is 4.90 Å². The third-order valence-corrected chi connectivity index (χ3v) is 3.51. The van der Waals surface area contributed by atoms with Gasteiger partial charge in [-0.05, 0) is 37.6 Å². The van der Waals surface area contributed by atoms with Crippen LogP contribution >= 0.6 is 0 Å². The number of benzene rings is 1. The van der Waals surface area contributed by atoms with Gasteiger partial charge in [-0.3, -0.25) is 4.90 Å². The predicted octanol–water partition coefficient (Wildman–Crippen LogP) is 2.55. The first-order valence-corrected chi connectivity index (χ1v) is 6.02. The molecule has 1 fully saturated rings. The van der Waals surface area contributed by atoms with Crippen molar-refractivity contribution in [3.05, 3.63) is 29.3 Å². The fourth-order valence-electron chi connectivity index (χ4n) is 2.19. The first kappa shape index (κ1) is 11.9. The minimum Gasteiger partial charge on any atom is -0.495 e. The largest absolute Gasteiger partial charge is 0.495 e. The summed E-state index contributed by atoms with van der Waals surface area (Å²) in [5, 5.41) is 9.03. The monoisotopic (exact) mass is 230 g/mol. The van der Waals surface area contributed by atoms with Crippen molar-refractivity contribution >= 4 is 0 Å². The molecular formula is C14H18N2O. The van der Waals surface area contributed by atoms with Crippen LogP contribution in [0, 0.1) is 11.3 Å². The Morgan fingerprint density at radius 1 is 1.47 bits per heavy atom. The van der Waals surface area contributed by atoms with E-state index in [-0.39, 0.29) is 0 Å². The van der Waals surface area contributed by atoms with Crippen LogP contribution in [0.4, 0.5) is 0 Å². The number of hydrogen-bond donors (Lipinski definition) is 0. The lowest BCUT2D eigenvalue weighted by Crippen LogP contribution is -2.36. The summed E-state index contributed by atoms with van der Waals surface area (Å²) in [7, 11) is 3.75. The fourth-order valence-corrected chi connectivity index (χ4v) is 2.19. The molecule has 0 unspecified atom stereocenters. The van der Waals surface area contributed by atoms with E-state index in [1.165, 1.54) is 24.8 Å². The molecule has 1 aliphatic rings. The van der Waals surface area contributed by atoms with Gasteiger partial charge in [-0.2, -0.15) is 5.26 Å². The zero-order chi connectivity index (χ0) is 12.3. The summed E-state index contributed by atoms with van der Waals surface area (Å²) < 4.78 is 5.14. The van der Waals surface area contributed by atoms with Gasteiger partial charge >= 0.3 is 0 Å². The van der Waals surface area contributed by atoms with Gasteiger partial charge in [0.25, 0.3) is 0 Å². The van der Waals surface area contributed by atoms with Crippen LogP contribution in [-0.2, 0) is 6.54 Å². The van der Waals surface area contributed by atoms with Gasteiger partial charge in [0, 0.05) is 12.6 Å². The van der Waals surface area contributed by atoms with Crippen LogP contribution in [0.1, 0.15) is 30.4 Å². The Balaban J connectivity index is 2.08. The first-order chi connectivity index (χ1) is 8.24. The number of nitriles is 1. The van der Waals surface area contributed by atoms with Crippen LogP contribution in [0.3, 0.4) is 0 Å². The summed E-state index contributed by atoms with van der Waals surface area (Å²) in [5.41, 5.74) is 1.80. The maximum Gasteiger partial charge on any atom is 0.136 e. The molecule has 0 heterocycles. The average molecular weight is 230 g/mol. The van der Waals surface area contributed by atoms with Gasteiger partial charge in [-0.15, -0.1) is 0 Å². The Hall–Kier alpha value is -1.53. The van der Waals surface area contributed by atoms with Crippen LogP contribution in [0.15, 0.2) is 18.2 Å². The van der Waals surface area contributed by atoms with E-state index in [1.807, 2.05) is 18.2 Å². The van der Waals surface area contributed by atoms with Gasteiger partial charge in [0.1, 0.15) is 11.8 Å². The van der Waals surface area contributed by atoms with Gasteiger partial charge in [-0.25, -0.2) is 0 Å². The van der Waals surface area contributed by atoms with Crippen LogP contribution in [-0.4, -0.2) is 25.1 Å². The molecule has 0 atom stereocenters. The number of hydrogen-bond acceptors (Lipinski definition) is 3. The van der Waals surface area contributed by atoms with Crippen molar-refractivity contribution in [1.29, 1.82) is 5.26 Å². The van der Waals surface area contributed by atoms with Crippen LogP contribution in [0.2, 0.25) is 0 Å². The molecule has 17 heavy (non-hydrogen) atoms. The second-order valence-electron chi connectivity index (χ2n) is 4.65. The lowest BCUT2D eigenvalue weighted by atomic mass is 9.91. The van der Waals surface area contributed by atoms with Gasteiger partial charge in [-0.1, -0.05) is 12.5 Å². The highest BCUT2D eigenvalue weighted by Crippen LogP contribution is 2.26. The lowest BCUT2D eigenvalue weighted by molar-refractivity contribution is 0.152. The molecule has 0 radical (unpaired) electrons. The van der Waals surface area contributed by atoms with Crippen molar-refractivity contribution in [2.45, 2.75) is 31.8 Å². The molecule has 0 spiro atoms. The zero-order valence-electron chi connectivity index (χ0n) is 10.4. The number of rotatable bonds is 4. The second-order valence-corrected chi connectivity index (χ2v) is 4.65. The molecular weight excluding hydrogens is 212 g/mol. The molecule has 0 aliphatic heterocycles. The quantitative estimate of drug-likeness (QED) is 0.797. The summed E-state index contributed by atoms with van der Waals surface area (Å²) in [5.74, 6) is 0.655. The number of nitrogens with zero attached hydrogens (tertiary/aromatic N) is 2. The van der Waals surface area contributed by atoms with E-state index in [0.717, 1.165) is 12.6 Å². The maximum atomic E-state index is 9.03. The highest BCUT2D eigenvalue weighted by Gasteiger charge is 2.21. The smallest absolute Gasteiger partial charge is 0.136 e. The van der Waals surface area contributed by atoms with Gasteiger partial charge in [0.15, 0.2) is 0 Å². The van der Waals surface area contributed by atoms with Crippen LogP contribution in [0.5, 0.6) is 5.75 Å². The Morgan fingerprint density at radius 3 is 2.76 bits per heavy atom. The van der Waals surface area contributed by atoms with Crippen molar-refractivity contribution in [2.75, 3.05) is 14.2 Å². The third-order valence-electron chi connectivity index (χ3n) is 3.51. The normalized spacial score (nSPS) is 15.4. The maximum absolute atomic E-state index is 9.03. The zero-order valence-corrected chi connectivity index (χ0v) is 10.4. The molecule has 0 aromatic heterocycles. The summed E-state index contributed by atoms with van der Waals surface area (Å²) in [6.45, 7) is 0.906. The molecule has 1 aliphatic carbocycles. The molecule has 0 N–H and O–H groups in total. The molecule has 3 nitrogen and oxygen atoms in total. The van der Waals surface area contributed by atoms with E-state index in [1.54, 1.807) is 7.11 Å². The number of ether oxygens (including phenoxy) is 1. The molecule has 1 aromatic carbocycles. The average Bonchev–Trinajstić information content (AvgIpc) is 2.26. The Labute approximate surface area is 103 Å². The van der Waals surface area contributed by atoms with Crippen molar-refractivity contribution in [3.8, 4) is 11.8 Å². The van der Waals surface area contributed by atoms with Crippen molar-refractivity contribution < 1.29 is 4.74 Å². The standard InChI is InChI=1S/C14H18N2O/c1-16(13-4-3-5-13)10-11-6-7-14(17-2)12(8-11)9-15/h6-8,13H,3-5,10H2,1-2H3. The first-order valence-electron chi connectivity index (χ1n) is 6.02. The van der Waals surface area contributed by atoms with E-state index in [0.29, 0.717) is 11.3 Å². The van der Waals surface area contributed by atoms with E-state index in [2.05, 4.69) is 18.0 Å². The molecule has 3 heteroatoms. The van der Waals surface area contributed by atoms with E-state index < -0.39 is 0 Å². The summed E-state index contributed by atoms with van der Waals surface area (Å²) in [4.78, 5) is 2.37. The lowest BCUT2D eigenvalue weighted by Gasteiger charge is -2.34. The van der Waals surface area contributed by atoms with Gasteiger partial charge in [0.2, 0.25) is 0 Å². The topological polar surface area (TPSA) is 36.3 Å². The Bertz CT molecular complexity index is 432. The minimum atomic E-state index is 0.618. The molecule has 2 rings (SSSR count). The van der Waals surface area contributed by atoms with Crippen molar-refractivity contribution in [3.63, 3.8) is 0 Å². The molecule has 0 amide bonds.